The van der Waals surface area contributed by atoms with E-state index < -0.39 is 83.2 Å². The Morgan fingerprint density at radius 3 is 2.04 bits per heavy atom. The van der Waals surface area contributed by atoms with Crippen LogP contribution in [0.1, 0.15) is 79.7 Å². The molecule has 3 rings (SSSR count). The first kappa shape index (κ1) is 39.7. The van der Waals surface area contributed by atoms with Gasteiger partial charge in [0, 0.05) is 33.4 Å². The fraction of sp³-hybridized carbons (Fsp3) is 0.629. The molecular formula is C35H50N4O11. The smallest absolute Gasteiger partial charge is 0.408 e. The minimum atomic E-state index is -1.49. The van der Waals surface area contributed by atoms with Gasteiger partial charge in [0.15, 0.2) is 6.04 Å². The maximum atomic E-state index is 14.6. The lowest BCUT2D eigenvalue weighted by Gasteiger charge is -2.41. The monoisotopic (exact) mass is 702 g/mol. The number of hydrogen-bond acceptors (Lipinski definition) is 11. The minimum absolute atomic E-state index is 0.0915. The topological polar surface area (TPSA) is 187 Å². The predicted molar refractivity (Wildman–Crippen MR) is 178 cm³/mol. The first-order valence-electron chi connectivity index (χ1n) is 16.8. The molecule has 0 radical (unpaired) electrons. The van der Waals surface area contributed by atoms with Crippen LogP contribution in [-0.2, 0) is 54.1 Å². The van der Waals surface area contributed by atoms with Crippen molar-refractivity contribution < 1.29 is 52.5 Å². The van der Waals surface area contributed by atoms with Crippen molar-refractivity contribution in [2.45, 2.75) is 122 Å². The van der Waals surface area contributed by atoms with Gasteiger partial charge in [-0.05, 0) is 65.9 Å². The van der Waals surface area contributed by atoms with E-state index in [2.05, 4.69) is 10.6 Å². The lowest BCUT2D eigenvalue weighted by molar-refractivity contribution is -0.159. The number of rotatable bonds is 12. The van der Waals surface area contributed by atoms with Crippen LogP contribution < -0.4 is 10.6 Å². The summed E-state index contributed by atoms with van der Waals surface area (Å²) >= 11 is 0. The van der Waals surface area contributed by atoms with Crippen LogP contribution in [0.4, 0.5) is 4.79 Å². The summed E-state index contributed by atoms with van der Waals surface area (Å²) in [5, 5.41) is 5.22. The second kappa shape index (κ2) is 16.8. The number of likely N-dealkylation sites (tertiary alicyclic amines) is 2. The molecule has 1 aromatic rings. The molecule has 0 saturated carbocycles. The number of hydrogen-bond donors (Lipinski definition) is 2. The van der Waals surface area contributed by atoms with Gasteiger partial charge in [0.1, 0.15) is 35.4 Å². The molecule has 2 fully saturated rings. The molecule has 1 unspecified atom stereocenters. The van der Waals surface area contributed by atoms with Gasteiger partial charge in [-0.25, -0.2) is 9.59 Å². The number of methoxy groups -OCH3 is 1. The molecule has 276 valence electrons. The number of carbonyl (C=O) groups is 7. The van der Waals surface area contributed by atoms with Gasteiger partial charge < -0.3 is 39.4 Å². The van der Waals surface area contributed by atoms with Crippen molar-refractivity contribution in [3.05, 3.63) is 35.9 Å². The fourth-order valence-corrected chi connectivity index (χ4v) is 6.52. The second-order valence-electron chi connectivity index (χ2n) is 13.7. The summed E-state index contributed by atoms with van der Waals surface area (Å²) in [5.41, 5.74) is -1.62. The average molecular weight is 703 g/mol. The van der Waals surface area contributed by atoms with Crippen LogP contribution in [0, 0.1) is 0 Å². The fourth-order valence-electron chi connectivity index (χ4n) is 6.52. The molecule has 2 N–H and O–H groups in total. The minimum Gasteiger partial charge on any atom is -0.467 e. The van der Waals surface area contributed by atoms with Gasteiger partial charge >= 0.3 is 24.0 Å². The lowest BCUT2D eigenvalue weighted by atomic mass is 9.86. The third-order valence-electron chi connectivity index (χ3n) is 8.66. The van der Waals surface area contributed by atoms with Crippen molar-refractivity contribution in [3.8, 4) is 0 Å². The van der Waals surface area contributed by atoms with Crippen molar-refractivity contribution in [2.24, 2.45) is 0 Å². The Hall–Kier alpha value is -4.69. The summed E-state index contributed by atoms with van der Waals surface area (Å²) < 4.78 is 20.8. The van der Waals surface area contributed by atoms with E-state index in [4.69, 9.17) is 18.9 Å². The maximum Gasteiger partial charge on any atom is 0.408 e. The first-order valence-corrected chi connectivity index (χ1v) is 16.8. The summed E-state index contributed by atoms with van der Waals surface area (Å²) in [7, 11) is 1.14. The Morgan fingerprint density at radius 2 is 1.48 bits per heavy atom. The highest BCUT2D eigenvalue weighted by atomic mass is 16.6. The van der Waals surface area contributed by atoms with Crippen LogP contribution in [0.5, 0.6) is 0 Å². The quantitative estimate of drug-likeness (QED) is 0.240. The number of esters is 3. The standard InChI is InChI=1S/C35H50N4O11/c1-21(48-23(3)40)27(37-33(46)50-34(5,6)7)30(43)38-18-12-16-26(38)29(42)39-19-13-17-35(39,20-25-14-10-9-11-15-25)32(45)36-28(31(44)47-8)22(2)49-24(4)41/h9-11,14-15,21-22,26-28H,12-13,16-20H2,1-8H3,(H,36,45)(H,37,46)/t21-,22-,26+,27+,28+,35?/m1/s1. The third kappa shape index (κ3) is 9.94. The van der Waals surface area contributed by atoms with Crippen molar-refractivity contribution in [1.82, 2.24) is 20.4 Å². The van der Waals surface area contributed by atoms with Gasteiger partial charge in [0.05, 0.1) is 7.11 Å². The molecule has 2 aliphatic rings. The molecular weight excluding hydrogens is 652 g/mol. The van der Waals surface area contributed by atoms with Crippen LogP contribution in [0.25, 0.3) is 0 Å². The van der Waals surface area contributed by atoms with E-state index in [1.807, 2.05) is 30.3 Å². The molecule has 0 spiro atoms. The molecule has 4 amide bonds. The summed E-state index contributed by atoms with van der Waals surface area (Å²) in [6, 6.07) is 5.34. The number of amides is 4. The second-order valence-corrected chi connectivity index (χ2v) is 13.7. The van der Waals surface area contributed by atoms with E-state index in [0.29, 0.717) is 12.8 Å². The van der Waals surface area contributed by atoms with E-state index in [9.17, 15) is 33.6 Å². The molecule has 15 nitrogen and oxygen atoms in total. The van der Waals surface area contributed by atoms with Gasteiger partial charge in [0.2, 0.25) is 17.7 Å². The molecule has 2 heterocycles. The van der Waals surface area contributed by atoms with Crippen LogP contribution in [-0.4, -0.2) is 113 Å². The number of carbonyl (C=O) groups excluding carboxylic acids is 7. The Balaban J connectivity index is 1.99. The Bertz CT molecular complexity index is 1430. The Kier molecular flexibility index (Phi) is 13.4. The summed E-state index contributed by atoms with van der Waals surface area (Å²) in [5.74, 6) is -3.96. The van der Waals surface area contributed by atoms with E-state index >= 15 is 0 Å². The SMILES string of the molecule is COC(=O)[C@@H](NC(=O)C1(Cc2ccccc2)CCCN1C(=O)[C@@H]1CCCN1C(=O)[C@@H](NC(=O)OC(C)(C)C)[C@@H](C)OC(C)=O)[C@@H](C)OC(C)=O. The summed E-state index contributed by atoms with van der Waals surface area (Å²) in [6.07, 6.45) is -1.58. The first-order chi connectivity index (χ1) is 23.4. The van der Waals surface area contributed by atoms with E-state index in [-0.39, 0.29) is 32.4 Å². The Morgan fingerprint density at radius 1 is 0.880 bits per heavy atom. The zero-order valence-corrected chi connectivity index (χ0v) is 30.1. The van der Waals surface area contributed by atoms with Crippen molar-refractivity contribution in [3.63, 3.8) is 0 Å². The molecule has 2 aliphatic heterocycles. The molecule has 50 heavy (non-hydrogen) atoms. The van der Waals surface area contributed by atoms with Gasteiger partial charge in [-0.1, -0.05) is 30.3 Å². The van der Waals surface area contributed by atoms with Crippen molar-refractivity contribution in [1.29, 1.82) is 0 Å². The van der Waals surface area contributed by atoms with Crippen LogP contribution in [0.15, 0.2) is 30.3 Å². The highest BCUT2D eigenvalue weighted by Crippen LogP contribution is 2.36. The number of nitrogens with one attached hydrogen (secondary N) is 2. The number of ether oxygens (including phenoxy) is 4. The third-order valence-corrected chi connectivity index (χ3v) is 8.66. The molecule has 6 atom stereocenters. The summed E-state index contributed by atoms with van der Waals surface area (Å²) in [6.45, 7) is 10.6. The largest absolute Gasteiger partial charge is 0.467 e. The molecule has 0 aromatic heterocycles. The zero-order chi connectivity index (χ0) is 37.4. The van der Waals surface area contributed by atoms with Gasteiger partial charge in [0.25, 0.3) is 0 Å². The van der Waals surface area contributed by atoms with Crippen molar-refractivity contribution in [2.75, 3.05) is 20.2 Å². The molecule has 0 bridgehead atoms. The molecule has 2 saturated heterocycles. The van der Waals surface area contributed by atoms with Crippen LogP contribution in [0.2, 0.25) is 0 Å². The van der Waals surface area contributed by atoms with Gasteiger partial charge in [-0.3, -0.25) is 24.0 Å². The predicted octanol–water partition coefficient (Wildman–Crippen LogP) is 2.04. The van der Waals surface area contributed by atoms with Crippen LogP contribution in [0.3, 0.4) is 0 Å². The molecule has 15 heteroatoms. The maximum absolute atomic E-state index is 14.6. The highest BCUT2D eigenvalue weighted by molar-refractivity contribution is 5.98. The molecule has 1 aromatic carbocycles. The Labute approximate surface area is 292 Å². The number of nitrogens with zero attached hydrogens (tertiary/aromatic N) is 2. The van der Waals surface area contributed by atoms with E-state index in [0.717, 1.165) is 12.7 Å². The normalized spacial score (nSPS) is 21.2. The van der Waals surface area contributed by atoms with Crippen molar-refractivity contribution >= 4 is 41.7 Å². The van der Waals surface area contributed by atoms with E-state index in [1.165, 1.54) is 37.5 Å². The number of alkyl carbamates (subject to hydrolysis) is 1. The number of benzene rings is 1. The van der Waals surface area contributed by atoms with Crippen LogP contribution >= 0.6 is 0 Å². The highest BCUT2D eigenvalue weighted by Gasteiger charge is 2.54. The average Bonchev–Trinajstić information content (AvgIpc) is 3.69. The van der Waals surface area contributed by atoms with E-state index in [1.54, 1.807) is 20.8 Å². The summed E-state index contributed by atoms with van der Waals surface area (Å²) in [4.78, 5) is 95.1. The van der Waals surface area contributed by atoms with Gasteiger partial charge in [-0.2, -0.15) is 0 Å². The van der Waals surface area contributed by atoms with Gasteiger partial charge in [-0.15, -0.1) is 0 Å². The zero-order valence-electron chi connectivity index (χ0n) is 30.1. The lowest BCUT2D eigenvalue weighted by Crippen LogP contribution is -2.65. The molecule has 0 aliphatic carbocycles.